The zero-order valence-electron chi connectivity index (χ0n) is 14.3. The van der Waals surface area contributed by atoms with Crippen LogP contribution in [0.5, 0.6) is 17.2 Å². The normalized spacial score (nSPS) is 12.0. The summed E-state index contributed by atoms with van der Waals surface area (Å²) in [5.74, 6) is 2.34. The van der Waals surface area contributed by atoms with Crippen LogP contribution in [-0.4, -0.2) is 18.4 Å². The molecule has 1 aliphatic rings. The predicted octanol–water partition coefficient (Wildman–Crippen LogP) is 5.24. The van der Waals surface area contributed by atoms with E-state index in [1.807, 2.05) is 54.8 Å². The summed E-state index contributed by atoms with van der Waals surface area (Å²) < 4.78 is 16.4. The Kier molecular flexibility index (Phi) is 4.50. The molecule has 2 aromatic carbocycles. The van der Waals surface area contributed by atoms with Crippen molar-refractivity contribution in [2.75, 3.05) is 18.7 Å². The lowest BCUT2D eigenvalue weighted by atomic mass is 10.2. The number of fused-ring (bicyclic) bond motifs is 1. The minimum absolute atomic E-state index is 0.270. The quantitative estimate of drug-likeness (QED) is 0.605. The molecular weight excluding hydrogens is 348 g/mol. The zero-order chi connectivity index (χ0) is 17.9. The Labute approximate surface area is 155 Å². The number of thiazole rings is 1. The van der Waals surface area contributed by atoms with Gasteiger partial charge in [0.1, 0.15) is 12.4 Å². The van der Waals surface area contributed by atoms with Crippen LogP contribution in [-0.2, 0) is 0 Å². The van der Waals surface area contributed by atoms with Gasteiger partial charge < -0.3 is 19.5 Å². The molecule has 1 N–H and O–H groups in total. The van der Waals surface area contributed by atoms with Crippen molar-refractivity contribution >= 4 is 22.2 Å². The van der Waals surface area contributed by atoms with E-state index in [1.165, 1.54) is 0 Å². The van der Waals surface area contributed by atoms with Crippen molar-refractivity contribution in [3.05, 3.63) is 60.0 Å². The lowest BCUT2D eigenvalue weighted by Gasteiger charge is -2.06. The number of rotatable bonds is 6. The molecule has 0 aliphatic carbocycles. The van der Waals surface area contributed by atoms with E-state index in [2.05, 4.69) is 16.9 Å². The third-order valence-corrected chi connectivity index (χ3v) is 4.52. The first kappa shape index (κ1) is 16.5. The number of hydrogen-bond donors (Lipinski definition) is 1. The van der Waals surface area contributed by atoms with Crippen molar-refractivity contribution in [2.24, 2.45) is 0 Å². The van der Waals surface area contributed by atoms with Crippen LogP contribution in [0.25, 0.3) is 11.3 Å². The average molecular weight is 366 g/mol. The molecule has 0 unspecified atom stereocenters. The van der Waals surface area contributed by atoms with Gasteiger partial charge in [-0.1, -0.05) is 6.58 Å². The van der Waals surface area contributed by atoms with E-state index in [4.69, 9.17) is 14.2 Å². The first-order valence-corrected chi connectivity index (χ1v) is 9.05. The Bertz CT molecular complexity index is 934. The first-order chi connectivity index (χ1) is 12.7. The van der Waals surface area contributed by atoms with Crippen LogP contribution in [0.1, 0.15) is 6.92 Å². The van der Waals surface area contributed by atoms with Crippen LogP contribution in [0.2, 0.25) is 0 Å². The number of nitrogens with one attached hydrogen (secondary N) is 1. The molecule has 1 aliphatic heterocycles. The van der Waals surface area contributed by atoms with Gasteiger partial charge in [-0.25, -0.2) is 4.98 Å². The Morgan fingerprint density at radius 2 is 2.00 bits per heavy atom. The third kappa shape index (κ3) is 3.65. The van der Waals surface area contributed by atoms with Crippen molar-refractivity contribution in [1.29, 1.82) is 0 Å². The fraction of sp³-hybridized carbons (Fsp3) is 0.150. The SMILES string of the molecule is C=C(C)COc1ccc(-c2csc(Nc3ccc4c(c3)OCO4)n2)cc1. The maximum Gasteiger partial charge on any atom is 0.231 e. The van der Waals surface area contributed by atoms with Crippen LogP contribution >= 0.6 is 11.3 Å². The van der Waals surface area contributed by atoms with Gasteiger partial charge in [-0.15, -0.1) is 11.3 Å². The van der Waals surface area contributed by atoms with Gasteiger partial charge >= 0.3 is 0 Å². The van der Waals surface area contributed by atoms with Crippen molar-refractivity contribution in [2.45, 2.75) is 6.92 Å². The summed E-state index contributed by atoms with van der Waals surface area (Å²) in [5.41, 5.74) is 3.87. The van der Waals surface area contributed by atoms with Gasteiger partial charge in [-0.05, 0) is 48.9 Å². The van der Waals surface area contributed by atoms with E-state index in [9.17, 15) is 0 Å². The van der Waals surface area contributed by atoms with Crippen LogP contribution < -0.4 is 19.5 Å². The van der Waals surface area contributed by atoms with E-state index in [1.54, 1.807) is 11.3 Å². The summed E-state index contributed by atoms with van der Waals surface area (Å²) >= 11 is 1.55. The average Bonchev–Trinajstić information content (AvgIpc) is 3.29. The standard InChI is InChI=1S/C20H18N2O3S/c1-13(2)10-23-16-6-3-14(4-7-16)17-11-26-20(22-17)21-15-5-8-18-19(9-15)25-12-24-18/h3-9,11H,1,10,12H2,2H3,(H,21,22). The van der Waals surface area contributed by atoms with E-state index in [0.29, 0.717) is 6.61 Å². The molecule has 3 aromatic rings. The molecule has 0 spiro atoms. The zero-order valence-corrected chi connectivity index (χ0v) is 15.1. The van der Waals surface area contributed by atoms with Crippen molar-refractivity contribution in [3.63, 3.8) is 0 Å². The highest BCUT2D eigenvalue weighted by molar-refractivity contribution is 7.14. The number of hydrogen-bond acceptors (Lipinski definition) is 6. The number of ether oxygens (including phenoxy) is 3. The molecule has 0 radical (unpaired) electrons. The highest BCUT2D eigenvalue weighted by Crippen LogP contribution is 2.36. The van der Waals surface area contributed by atoms with Gasteiger partial charge in [0.25, 0.3) is 0 Å². The predicted molar refractivity (Wildman–Crippen MR) is 104 cm³/mol. The van der Waals surface area contributed by atoms with E-state index in [-0.39, 0.29) is 6.79 Å². The fourth-order valence-electron chi connectivity index (χ4n) is 2.49. The second-order valence-electron chi connectivity index (χ2n) is 6.00. The maximum atomic E-state index is 5.63. The highest BCUT2D eigenvalue weighted by atomic mass is 32.1. The lowest BCUT2D eigenvalue weighted by Crippen LogP contribution is -1.97. The van der Waals surface area contributed by atoms with Crippen molar-refractivity contribution in [3.8, 4) is 28.5 Å². The molecule has 0 saturated heterocycles. The van der Waals surface area contributed by atoms with Gasteiger partial charge in [0.15, 0.2) is 16.6 Å². The highest BCUT2D eigenvalue weighted by Gasteiger charge is 2.14. The Balaban J connectivity index is 1.45. The maximum absolute atomic E-state index is 5.63. The molecule has 132 valence electrons. The van der Waals surface area contributed by atoms with Crippen LogP contribution in [0, 0.1) is 0 Å². The van der Waals surface area contributed by atoms with Crippen molar-refractivity contribution < 1.29 is 14.2 Å². The Hall–Kier alpha value is -2.99. The molecule has 0 saturated carbocycles. The van der Waals surface area contributed by atoms with E-state index in [0.717, 1.165) is 44.9 Å². The van der Waals surface area contributed by atoms with E-state index < -0.39 is 0 Å². The topological polar surface area (TPSA) is 52.6 Å². The van der Waals surface area contributed by atoms with Gasteiger partial charge in [0.2, 0.25) is 6.79 Å². The second-order valence-corrected chi connectivity index (χ2v) is 6.86. The lowest BCUT2D eigenvalue weighted by molar-refractivity contribution is 0.174. The van der Waals surface area contributed by atoms with Gasteiger partial charge in [-0.3, -0.25) is 0 Å². The number of nitrogens with zero attached hydrogens (tertiary/aromatic N) is 1. The smallest absolute Gasteiger partial charge is 0.231 e. The number of aromatic nitrogens is 1. The molecule has 0 bridgehead atoms. The van der Waals surface area contributed by atoms with Gasteiger partial charge in [0.05, 0.1) is 5.69 Å². The molecule has 0 atom stereocenters. The number of anilines is 2. The molecule has 0 amide bonds. The Morgan fingerprint density at radius 1 is 1.19 bits per heavy atom. The van der Waals surface area contributed by atoms with Gasteiger partial charge in [0, 0.05) is 22.7 Å². The summed E-state index contributed by atoms with van der Waals surface area (Å²) in [6.07, 6.45) is 0. The summed E-state index contributed by atoms with van der Waals surface area (Å²) in [6, 6.07) is 13.7. The molecule has 6 heteroatoms. The Morgan fingerprint density at radius 3 is 2.81 bits per heavy atom. The third-order valence-electron chi connectivity index (χ3n) is 3.76. The van der Waals surface area contributed by atoms with Crippen molar-refractivity contribution in [1.82, 2.24) is 4.98 Å². The summed E-state index contributed by atoms with van der Waals surface area (Å²) in [7, 11) is 0. The summed E-state index contributed by atoms with van der Waals surface area (Å²) in [5, 5.41) is 6.15. The minimum atomic E-state index is 0.270. The first-order valence-electron chi connectivity index (χ1n) is 8.17. The fourth-order valence-corrected chi connectivity index (χ4v) is 3.23. The molecule has 4 rings (SSSR count). The van der Waals surface area contributed by atoms with E-state index >= 15 is 0 Å². The largest absolute Gasteiger partial charge is 0.489 e. The molecule has 26 heavy (non-hydrogen) atoms. The van der Waals surface area contributed by atoms with Crippen LogP contribution in [0.15, 0.2) is 60.0 Å². The summed E-state index contributed by atoms with van der Waals surface area (Å²) in [4.78, 5) is 4.65. The minimum Gasteiger partial charge on any atom is -0.489 e. The molecule has 0 fully saturated rings. The monoisotopic (exact) mass is 366 g/mol. The molecule has 2 heterocycles. The second kappa shape index (κ2) is 7.09. The van der Waals surface area contributed by atoms with Crippen LogP contribution in [0.4, 0.5) is 10.8 Å². The van der Waals surface area contributed by atoms with Crippen LogP contribution in [0.3, 0.4) is 0 Å². The molecule has 1 aromatic heterocycles. The molecular formula is C20H18N2O3S. The summed E-state index contributed by atoms with van der Waals surface area (Å²) in [6.45, 7) is 6.58. The van der Waals surface area contributed by atoms with Gasteiger partial charge in [-0.2, -0.15) is 0 Å². The molecule has 5 nitrogen and oxygen atoms in total. The number of benzene rings is 2.